The standard InChI is InChI=1S/C11H19NO3S/c13-10-5-3-1-2-4-7-15-11(14)9(12-10)6-8-16/h9,16H,1-8H2,(H,12,13)/t9-/m0/s1. The fourth-order valence-corrected chi connectivity index (χ4v) is 1.92. The van der Waals surface area contributed by atoms with E-state index in [1.165, 1.54) is 0 Å². The van der Waals surface area contributed by atoms with E-state index >= 15 is 0 Å². The Morgan fingerprint density at radius 3 is 2.75 bits per heavy atom. The zero-order valence-corrected chi connectivity index (χ0v) is 10.3. The maximum atomic E-state index is 11.6. The molecule has 1 N–H and O–H groups in total. The lowest BCUT2D eigenvalue weighted by molar-refractivity contribution is -0.148. The Kier molecular flexibility index (Phi) is 6.30. The van der Waals surface area contributed by atoms with E-state index in [-0.39, 0.29) is 11.9 Å². The lowest BCUT2D eigenvalue weighted by Gasteiger charge is -2.16. The van der Waals surface area contributed by atoms with Crippen molar-refractivity contribution in [3.63, 3.8) is 0 Å². The summed E-state index contributed by atoms with van der Waals surface area (Å²) in [6.07, 6.45) is 4.81. The van der Waals surface area contributed by atoms with Crippen LogP contribution in [-0.2, 0) is 14.3 Å². The number of hydrogen-bond acceptors (Lipinski definition) is 4. The van der Waals surface area contributed by atoms with Crippen molar-refractivity contribution in [3.05, 3.63) is 0 Å². The molecule has 1 aliphatic heterocycles. The minimum Gasteiger partial charge on any atom is -0.464 e. The summed E-state index contributed by atoms with van der Waals surface area (Å²) in [6.45, 7) is 0.456. The molecule has 0 bridgehead atoms. The highest BCUT2D eigenvalue weighted by molar-refractivity contribution is 7.80. The molecule has 92 valence electrons. The summed E-state index contributed by atoms with van der Waals surface area (Å²) >= 11 is 4.07. The van der Waals surface area contributed by atoms with Crippen LogP contribution in [0.2, 0.25) is 0 Å². The highest BCUT2D eigenvalue weighted by Crippen LogP contribution is 2.07. The molecule has 1 saturated heterocycles. The third-order valence-electron chi connectivity index (χ3n) is 2.58. The molecule has 5 heteroatoms. The summed E-state index contributed by atoms with van der Waals surface area (Å²) in [5, 5.41) is 2.70. The average Bonchev–Trinajstić information content (AvgIpc) is 2.28. The molecule has 0 spiro atoms. The van der Waals surface area contributed by atoms with E-state index in [1.54, 1.807) is 0 Å². The first-order valence-electron chi connectivity index (χ1n) is 5.81. The number of hydrogen-bond donors (Lipinski definition) is 2. The normalized spacial score (nSPS) is 24.2. The van der Waals surface area contributed by atoms with E-state index in [0.29, 0.717) is 25.2 Å². The van der Waals surface area contributed by atoms with E-state index < -0.39 is 6.04 Å². The number of ether oxygens (including phenoxy) is 1. The van der Waals surface area contributed by atoms with Crippen molar-refractivity contribution in [2.24, 2.45) is 0 Å². The van der Waals surface area contributed by atoms with Gasteiger partial charge in [0.05, 0.1) is 6.61 Å². The van der Waals surface area contributed by atoms with E-state index in [4.69, 9.17) is 4.74 Å². The molecule has 16 heavy (non-hydrogen) atoms. The van der Waals surface area contributed by atoms with Gasteiger partial charge in [-0.25, -0.2) is 4.79 Å². The maximum Gasteiger partial charge on any atom is 0.328 e. The Morgan fingerprint density at radius 2 is 2.00 bits per heavy atom. The van der Waals surface area contributed by atoms with Gasteiger partial charge >= 0.3 is 5.97 Å². The predicted molar refractivity (Wildman–Crippen MR) is 64.4 cm³/mol. The van der Waals surface area contributed by atoms with E-state index in [9.17, 15) is 9.59 Å². The molecule has 0 aromatic rings. The van der Waals surface area contributed by atoms with Crippen LogP contribution in [0, 0.1) is 0 Å². The third-order valence-corrected chi connectivity index (χ3v) is 2.84. The van der Waals surface area contributed by atoms with Crippen molar-refractivity contribution >= 4 is 24.5 Å². The number of cyclic esters (lactones) is 1. The number of carbonyl (C=O) groups excluding carboxylic acids is 2. The Morgan fingerprint density at radius 1 is 1.25 bits per heavy atom. The van der Waals surface area contributed by atoms with Crippen molar-refractivity contribution in [1.82, 2.24) is 5.32 Å². The van der Waals surface area contributed by atoms with Crippen LogP contribution in [0.5, 0.6) is 0 Å². The number of carbonyl (C=O) groups is 2. The van der Waals surface area contributed by atoms with Gasteiger partial charge in [-0.15, -0.1) is 0 Å². The fraction of sp³-hybridized carbons (Fsp3) is 0.818. The lowest BCUT2D eigenvalue weighted by Crippen LogP contribution is -2.42. The summed E-state index contributed by atoms with van der Waals surface area (Å²) in [7, 11) is 0. The van der Waals surface area contributed by atoms with Gasteiger partial charge in [0.15, 0.2) is 0 Å². The number of amides is 1. The van der Waals surface area contributed by atoms with Crippen molar-refractivity contribution in [2.45, 2.75) is 44.6 Å². The van der Waals surface area contributed by atoms with E-state index in [1.807, 2.05) is 0 Å². The number of esters is 1. The molecule has 0 radical (unpaired) electrons. The summed E-state index contributed by atoms with van der Waals surface area (Å²) in [6, 6.07) is -0.525. The first kappa shape index (κ1) is 13.4. The molecule has 1 amide bonds. The van der Waals surface area contributed by atoms with Crippen molar-refractivity contribution in [2.75, 3.05) is 12.4 Å². The Hall–Kier alpha value is -0.710. The molecule has 0 aliphatic carbocycles. The minimum absolute atomic E-state index is 0.0642. The summed E-state index contributed by atoms with van der Waals surface area (Å²) in [5.41, 5.74) is 0. The molecule has 1 rings (SSSR count). The van der Waals surface area contributed by atoms with Gasteiger partial charge in [0.1, 0.15) is 6.04 Å². The van der Waals surface area contributed by atoms with Crippen LogP contribution in [0.25, 0.3) is 0 Å². The van der Waals surface area contributed by atoms with E-state index in [0.717, 1.165) is 25.7 Å². The number of nitrogens with one attached hydrogen (secondary N) is 1. The van der Waals surface area contributed by atoms with Crippen molar-refractivity contribution in [3.8, 4) is 0 Å². The first-order chi connectivity index (χ1) is 7.74. The highest BCUT2D eigenvalue weighted by Gasteiger charge is 2.21. The second-order valence-corrected chi connectivity index (χ2v) is 4.41. The van der Waals surface area contributed by atoms with Gasteiger partial charge in [0, 0.05) is 6.42 Å². The van der Waals surface area contributed by atoms with Gasteiger partial charge in [0.25, 0.3) is 0 Å². The quantitative estimate of drug-likeness (QED) is 0.569. The van der Waals surface area contributed by atoms with Gasteiger partial charge in [-0.3, -0.25) is 4.79 Å². The van der Waals surface area contributed by atoms with Crippen LogP contribution in [0.1, 0.15) is 38.5 Å². The van der Waals surface area contributed by atoms with Crippen LogP contribution < -0.4 is 5.32 Å². The number of rotatable bonds is 2. The van der Waals surface area contributed by atoms with Crippen molar-refractivity contribution in [1.29, 1.82) is 0 Å². The third kappa shape index (κ3) is 4.88. The Bertz CT molecular complexity index is 245. The molecule has 0 saturated carbocycles. The lowest BCUT2D eigenvalue weighted by atomic mass is 10.1. The second-order valence-electron chi connectivity index (χ2n) is 3.96. The van der Waals surface area contributed by atoms with Gasteiger partial charge in [-0.2, -0.15) is 12.6 Å². The topological polar surface area (TPSA) is 55.4 Å². The van der Waals surface area contributed by atoms with E-state index in [2.05, 4.69) is 17.9 Å². The van der Waals surface area contributed by atoms with Crippen LogP contribution in [0.15, 0.2) is 0 Å². The molecule has 1 atom stereocenters. The van der Waals surface area contributed by atoms with Crippen LogP contribution >= 0.6 is 12.6 Å². The smallest absolute Gasteiger partial charge is 0.328 e. The highest BCUT2D eigenvalue weighted by atomic mass is 32.1. The fourth-order valence-electron chi connectivity index (χ4n) is 1.66. The molecule has 4 nitrogen and oxygen atoms in total. The monoisotopic (exact) mass is 245 g/mol. The summed E-state index contributed by atoms with van der Waals surface area (Å²) < 4.78 is 5.10. The minimum atomic E-state index is -0.525. The first-order valence-corrected chi connectivity index (χ1v) is 6.44. The average molecular weight is 245 g/mol. The van der Waals surface area contributed by atoms with Gasteiger partial charge in [-0.05, 0) is 25.0 Å². The molecular weight excluding hydrogens is 226 g/mol. The predicted octanol–water partition coefficient (Wildman–Crippen LogP) is 1.30. The SMILES string of the molecule is O=C1CCCCCCOC(=O)[C@H](CCS)N1. The maximum absolute atomic E-state index is 11.6. The molecule has 0 aromatic carbocycles. The van der Waals surface area contributed by atoms with Crippen LogP contribution in [0.3, 0.4) is 0 Å². The largest absolute Gasteiger partial charge is 0.464 e. The Labute approximate surface area is 102 Å². The molecule has 1 aliphatic rings. The summed E-state index contributed by atoms with van der Waals surface area (Å²) in [5.74, 6) is 0.162. The molecular formula is C11H19NO3S. The zero-order chi connectivity index (χ0) is 11.8. The second kappa shape index (κ2) is 7.54. The summed E-state index contributed by atoms with van der Waals surface area (Å²) in [4.78, 5) is 23.1. The molecule has 0 aromatic heterocycles. The van der Waals surface area contributed by atoms with Gasteiger partial charge < -0.3 is 10.1 Å². The van der Waals surface area contributed by atoms with Crippen molar-refractivity contribution < 1.29 is 14.3 Å². The Balaban J connectivity index is 2.54. The molecule has 1 heterocycles. The number of thiol groups is 1. The van der Waals surface area contributed by atoms with Gasteiger partial charge in [-0.1, -0.05) is 12.8 Å². The van der Waals surface area contributed by atoms with Gasteiger partial charge in [0.2, 0.25) is 5.91 Å². The molecule has 0 unspecified atom stereocenters. The van der Waals surface area contributed by atoms with Crippen LogP contribution in [0.4, 0.5) is 0 Å². The zero-order valence-electron chi connectivity index (χ0n) is 9.41. The van der Waals surface area contributed by atoms with Crippen LogP contribution in [-0.4, -0.2) is 30.3 Å². The molecule has 1 fully saturated rings.